The third-order valence-corrected chi connectivity index (χ3v) is 6.16. The van der Waals surface area contributed by atoms with Crippen molar-refractivity contribution < 1.29 is 13.3 Å². The zero-order chi connectivity index (χ0) is 15.4. The summed E-state index contributed by atoms with van der Waals surface area (Å²) in [6, 6.07) is 4.89. The predicted octanol–water partition coefficient (Wildman–Crippen LogP) is 2.61. The van der Waals surface area contributed by atoms with Gasteiger partial charge >= 0.3 is 8.80 Å². The van der Waals surface area contributed by atoms with Crippen LogP contribution in [0.5, 0.6) is 0 Å². The summed E-state index contributed by atoms with van der Waals surface area (Å²) in [5.74, 6) is 0. The van der Waals surface area contributed by atoms with E-state index in [9.17, 15) is 0 Å². The molecular weight excluding hydrogens is 284 g/mol. The standard InChI is InChI=1S/C15H28N2O3Si/c1-4-18-21(19-5-2,20-6-3)13-7-10-17-14-15-8-11-16-12-9-15/h8-9,11-12,17H,4-7,10,13-14H2,1-3H3. The Hall–Kier alpha value is -0.793. The van der Waals surface area contributed by atoms with E-state index < -0.39 is 8.80 Å². The molecule has 0 unspecified atom stereocenters. The molecular formula is C15H28N2O3Si. The second kappa shape index (κ2) is 10.9. The van der Waals surface area contributed by atoms with Crippen LogP contribution in [0.25, 0.3) is 0 Å². The van der Waals surface area contributed by atoms with Crippen LogP contribution in [0, 0.1) is 0 Å². The summed E-state index contributed by atoms with van der Waals surface area (Å²) in [6.07, 6.45) is 4.61. The summed E-state index contributed by atoms with van der Waals surface area (Å²) in [4.78, 5) is 4.01. The van der Waals surface area contributed by atoms with Gasteiger partial charge in [-0.2, -0.15) is 0 Å². The van der Waals surface area contributed by atoms with Gasteiger partial charge in [-0.1, -0.05) is 0 Å². The molecule has 0 saturated heterocycles. The Kier molecular flexibility index (Phi) is 9.45. The molecule has 1 heterocycles. The van der Waals surface area contributed by atoms with Crippen molar-refractivity contribution in [2.24, 2.45) is 0 Å². The lowest BCUT2D eigenvalue weighted by molar-refractivity contribution is 0.0708. The van der Waals surface area contributed by atoms with E-state index in [2.05, 4.69) is 10.3 Å². The van der Waals surface area contributed by atoms with Gasteiger partial charge in [0, 0.05) is 44.8 Å². The number of hydrogen-bond acceptors (Lipinski definition) is 5. The Morgan fingerprint density at radius 3 is 2.10 bits per heavy atom. The molecule has 0 spiro atoms. The van der Waals surface area contributed by atoms with E-state index in [1.165, 1.54) is 5.56 Å². The predicted molar refractivity (Wildman–Crippen MR) is 86.0 cm³/mol. The molecule has 0 fully saturated rings. The van der Waals surface area contributed by atoms with Gasteiger partial charge in [-0.15, -0.1) is 0 Å². The van der Waals surface area contributed by atoms with Gasteiger partial charge in [-0.05, 0) is 51.4 Å². The number of nitrogens with zero attached hydrogens (tertiary/aromatic N) is 1. The third-order valence-electron chi connectivity index (χ3n) is 3.01. The topological polar surface area (TPSA) is 52.6 Å². The molecule has 0 amide bonds. The van der Waals surface area contributed by atoms with E-state index in [0.717, 1.165) is 25.6 Å². The first-order chi connectivity index (χ1) is 10.3. The first-order valence-corrected chi connectivity index (χ1v) is 9.71. The molecule has 0 bridgehead atoms. The smallest absolute Gasteiger partial charge is 0.374 e. The summed E-state index contributed by atoms with van der Waals surface area (Å²) in [5.41, 5.74) is 1.24. The van der Waals surface area contributed by atoms with E-state index in [0.29, 0.717) is 19.8 Å². The van der Waals surface area contributed by atoms with Crippen LogP contribution in [0.4, 0.5) is 0 Å². The van der Waals surface area contributed by atoms with Crippen LogP contribution in [0.2, 0.25) is 6.04 Å². The van der Waals surface area contributed by atoms with Crippen LogP contribution in [-0.2, 0) is 19.8 Å². The van der Waals surface area contributed by atoms with Crippen LogP contribution in [0.3, 0.4) is 0 Å². The highest BCUT2D eigenvalue weighted by atomic mass is 28.4. The van der Waals surface area contributed by atoms with Gasteiger partial charge in [-0.3, -0.25) is 4.98 Å². The quantitative estimate of drug-likeness (QED) is 0.475. The van der Waals surface area contributed by atoms with Gasteiger partial charge in [0.05, 0.1) is 0 Å². The lowest BCUT2D eigenvalue weighted by atomic mass is 10.3. The van der Waals surface area contributed by atoms with Crippen molar-refractivity contribution >= 4 is 8.80 Å². The summed E-state index contributed by atoms with van der Waals surface area (Å²) in [6.45, 7) is 9.65. The van der Waals surface area contributed by atoms with Gasteiger partial charge in [0.2, 0.25) is 0 Å². The minimum absolute atomic E-state index is 0.636. The zero-order valence-corrected chi connectivity index (χ0v) is 14.4. The normalized spacial score (nSPS) is 11.8. The highest BCUT2D eigenvalue weighted by molar-refractivity contribution is 6.60. The highest BCUT2D eigenvalue weighted by Gasteiger charge is 2.39. The molecule has 0 aromatic carbocycles. The second-order valence-corrected chi connectivity index (χ2v) is 7.35. The van der Waals surface area contributed by atoms with Crippen LogP contribution in [0.1, 0.15) is 32.8 Å². The molecule has 120 valence electrons. The fraction of sp³-hybridized carbons (Fsp3) is 0.667. The molecule has 1 rings (SSSR count). The molecule has 0 atom stereocenters. The number of pyridine rings is 1. The first kappa shape index (κ1) is 18.3. The summed E-state index contributed by atoms with van der Waals surface area (Å²) in [5, 5.41) is 3.43. The molecule has 1 N–H and O–H groups in total. The van der Waals surface area contributed by atoms with E-state index >= 15 is 0 Å². The average Bonchev–Trinajstić information content (AvgIpc) is 2.49. The van der Waals surface area contributed by atoms with E-state index in [1.807, 2.05) is 45.3 Å². The van der Waals surface area contributed by atoms with Crippen molar-refractivity contribution in [1.82, 2.24) is 10.3 Å². The SMILES string of the molecule is CCO[Si](CCCNCc1ccncc1)(OCC)OCC. The van der Waals surface area contributed by atoms with Gasteiger partial charge in [-0.25, -0.2) is 0 Å². The Morgan fingerprint density at radius 1 is 1.00 bits per heavy atom. The van der Waals surface area contributed by atoms with Gasteiger partial charge in [0.25, 0.3) is 0 Å². The van der Waals surface area contributed by atoms with Crippen molar-refractivity contribution in [3.8, 4) is 0 Å². The van der Waals surface area contributed by atoms with Gasteiger partial charge in [0.15, 0.2) is 0 Å². The summed E-state index contributed by atoms with van der Waals surface area (Å²) >= 11 is 0. The van der Waals surface area contributed by atoms with Crippen molar-refractivity contribution in [3.05, 3.63) is 30.1 Å². The molecule has 21 heavy (non-hydrogen) atoms. The average molecular weight is 312 g/mol. The number of aromatic nitrogens is 1. The molecule has 6 heteroatoms. The minimum atomic E-state index is -2.47. The maximum Gasteiger partial charge on any atom is 0.500 e. The molecule has 1 aromatic heterocycles. The second-order valence-electron chi connectivity index (χ2n) is 4.62. The fourth-order valence-electron chi connectivity index (χ4n) is 2.16. The van der Waals surface area contributed by atoms with Gasteiger partial charge < -0.3 is 18.6 Å². The lowest BCUT2D eigenvalue weighted by Crippen LogP contribution is -2.46. The number of hydrogen-bond donors (Lipinski definition) is 1. The molecule has 0 radical (unpaired) electrons. The van der Waals surface area contributed by atoms with E-state index in [-0.39, 0.29) is 0 Å². The van der Waals surface area contributed by atoms with Crippen molar-refractivity contribution in [2.75, 3.05) is 26.4 Å². The monoisotopic (exact) mass is 312 g/mol. The Balaban J connectivity index is 2.31. The molecule has 0 aliphatic carbocycles. The van der Waals surface area contributed by atoms with Crippen LogP contribution in [-0.4, -0.2) is 40.2 Å². The minimum Gasteiger partial charge on any atom is -0.374 e. The lowest BCUT2D eigenvalue weighted by Gasteiger charge is -2.28. The number of nitrogens with one attached hydrogen (secondary N) is 1. The highest BCUT2D eigenvalue weighted by Crippen LogP contribution is 2.17. The molecule has 1 aromatic rings. The van der Waals surface area contributed by atoms with Crippen LogP contribution < -0.4 is 5.32 Å². The maximum absolute atomic E-state index is 5.83. The van der Waals surface area contributed by atoms with Crippen molar-refractivity contribution in [2.45, 2.75) is 39.8 Å². The van der Waals surface area contributed by atoms with Crippen molar-refractivity contribution in [1.29, 1.82) is 0 Å². The molecule has 0 saturated carbocycles. The first-order valence-electron chi connectivity index (χ1n) is 7.77. The zero-order valence-electron chi connectivity index (χ0n) is 13.4. The fourth-order valence-corrected chi connectivity index (χ4v) is 4.78. The van der Waals surface area contributed by atoms with Crippen molar-refractivity contribution in [3.63, 3.8) is 0 Å². The Bertz CT molecular complexity index is 348. The number of rotatable bonds is 12. The Morgan fingerprint density at radius 2 is 1.57 bits per heavy atom. The summed E-state index contributed by atoms with van der Waals surface area (Å²) < 4.78 is 17.5. The van der Waals surface area contributed by atoms with E-state index in [4.69, 9.17) is 13.3 Å². The maximum atomic E-state index is 5.83. The van der Waals surface area contributed by atoms with Gasteiger partial charge in [0.1, 0.15) is 0 Å². The van der Waals surface area contributed by atoms with E-state index in [1.54, 1.807) is 0 Å². The largest absolute Gasteiger partial charge is 0.500 e. The van der Waals surface area contributed by atoms with Crippen LogP contribution >= 0.6 is 0 Å². The Labute approximate surface area is 129 Å². The third kappa shape index (κ3) is 7.15. The summed E-state index contributed by atoms with van der Waals surface area (Å²) in [7, 11) is -2.47. The van der Waals surface area contributed by atoms with Crippen LogP contribution in [0.15, 0.2) is 24.5 Å². The molecule has 5 nitrogen and oxygen atoms in total. The molecule has 0 aliphatic rings. The molecule has 0 aliphatic heterocycles.